The topological polar surface area (TPSA) is 98.7 Å². The molecule has 3 N–H and O–H groups in total. The van der Waals surface area contributed by atoms with Gasteiger partial charge in [0.2, 0.25) is 0 Å². The van der Waals surface area contributed by atoms with Crippen molar-refractivity contribution in [1.29, 1.82) is 0 Å². The second kappa shape index (κ2) is 10.7. The van der Waals surface area contributed by atoms with Crippen molar-refractivity contribution in [3.8, 4) is 0 Å². The Bertz CT molecular complexity index is 845. The number of para-hydroxylation sites is 1. The van der Waals surface area contributed by atoms with E-state index in [0.717, 1.165) is 9.79 Å². The summed E-state index contributed by atoms with van der Waals surface area (Å²) >= 11 is 0. The van der Waals surface area contributed by atoms with E-state index in [0.29, 0.717) is 17.5 Å². The van der Waals surface area contributed by atoms with Crippen molar-refractivity contribution in [2.45, 2.75) is 22.3 Å². The van der Waals surface area contributed by atoms with Crippen molar-refractivity contribution in [3.63, 3.8) is 0 Å². The van der Waals surface area contributed by atoms with Crippen LogP contribution in [0.1, 0.15) is 16.8 Å². The number of nitrogens with zero attached hydrogens (tertiary/aromatic N) is 1. The smallest absolute Gasteiger partial charge is 0.305 e. The second-order valence-electron chi connectivity index (χ2n) is 5.97. The fraction of sp³-hybridized carbons (Fsp3) is 0.211. The van der Waals surface area contributed by atoms with Crippen LogP contribution in [0.2, 0.25) is 0 Å². The Balaban J connectivity index is 2.09. The van der Waals surface area contributed by atoms with Gasteiger partial charge in [-0.25, -0.2) is 5.43 Å². The van der Waals surface area contributed by atoms with Gasteiger partial charge in [0.15, 0.2) is 0 Å². The van der Waals surface area contributed by atoms with Gasteiger partial charge in [0.25, 0.3) is 5.91 Å². The van der Waals surface area contributed by atoms with Gasteiger partial charge in [0.1, 0.15) is 6.29 Å². The van der Waals surface area contributed by atoms with Crippen LogP contribution in [0, 0.1) is 0 Å². The van der Waals surface area contributed by atoms with Crippen LogP contribution in [0.4, 0.5) is 5.69 Å². The van der Waals surface area contributed by atoms with Crippen molar-refractivity contribution in [1.82, 2.24) is 10.3 Å². The first-order valence-corrected chi connectivity index (χ1v) is 10.5. The van der Waals surface area contributed by atoms with E-state index in [-0.39, 0.29) is 12.3 Å². The van der Waals surface area contributed by atoms with E-state index in [4.69, 9.17) is 5.11 Å². The predicted molar refractivity (Wildman–Crippen MR) is 111 cm³/mol. The molecule has 0 saturated carbocycles. The summed E-state index contributed by atoms with van der Waals surface area (Å²) in [6.45, 7) is 0. The molecule has 0 bridgehead atoms. The lowest BCUT2D eigenvalue weighted by atomic mass is 10.2. The molecule has 2 aromatic carbocycles. The molecule has 0 aliphatic heterocycles. The minimum atomic E-state index is -1.06. The van der Waals surface area contributed by atoms with Gasteiger partial charge in [-0.05, 0) is 24.3 Å². The van der Waals surface area contributed by atoms with E-state index < -0.39 is 12.0 Å². The van der Waals surface area contributed by atoms with Crippen LogP contribution in [-0.4, -0.2) is 48.3 Å². The monoisotopic (exact) mass is 419 g/mol. The number of carboxylic acids is 1. The Morgan fingerprint density at radius 2 is 1.68 bits per heavy atom. The van der Waals surface area contributed by atoms with Crippen molar-refractivity contribution in [2.75, 3.05) is 19.5 Å². The lowest BCUT2D eigenvalue weighted by Gasteiger charge is -2.16. The van der Waals surface area contributed by atoms with Gasteiger partial charge in [-0.1, -0.05) is 45.9 Å². The highest BCUT2D eigenvalue weighted by Crippen LogP contribution is 2.42. The third-order valence-corrected chi connectivity index (χ3v) is 6.06. The van der Waals surface area contributed by atoms with E-state index in [1.165, 1.54) is 26.5 Å². The molecule has 0 aliphatic carbocycles. The van der Waals surface area contributed by atoms with E-state index in [1.807, 2.05) is 42.5 Å². The number of aliphatic carboxylic acids is 1. The van der Waals surface area contributed by atoms with E-state index in [9.17, 15) is 14.4 Å². The third kappa shape index (κ3) is 6.29. The first kappa shape index (κ1) is 21.8. The molecule has 148 valence electrons. The Hall–Kier alpha value is -2.49. The number of nitrogens with one attached hydrogen (secondary N) is 2. The summed E-state index contributed by atoms with van der Waals surface area (Å²) in [6.07, 6.45) is 0.231. The highest BCUT2D eigenvalue weighted by atomic mass is 33.1. The Labute approximate surface area is 171 Å². The number of amides is 1. The zero-order valence-electron chi connectivity index (χ0n) is 15.4. The molecule has 9 heteroatoms. The highest BCUT2D eigenvalue weighted by Gasteiger charge is 2.15. The number of carbonyl (C=O) groups excluding carboxylic acids is 2. The number of carboxylic acid groups (broad SMARTS) is 1. The normalized spacial score (nSPS) is 11.5. The summed E-state index contributed by atoms with van der Waals surface area (Å²) in [5.41, 5.74) is 6.95. The first-order valence-electron chi connectivity index (χ1n) is 8.35. The lowest BCUT2D eigenvalue weighted by molar-refractivity contribution is -0.138. The lowest BCUT2D eigenvalue weighted by Crippen LogP contribution is -2.37. The Morgan fingerprint density at radius 3 is 2.32 bits per heavy atom. The molecule has 2 rings (SSSR count). The van der Waals surface area contributed by atoms with Crippen LogP contribution < -0.4 is 10.9 Å². The molecule has 0 spiro atoms. The van der Waals surface area contributed by atoms with Gasteiger partial charge in [-0.15, -0.1) is 0 Å². The van der Waals surface area contributed by atoms with E-state index >= 15 is 0 Å². The fourth-order valence-corrected chi connectivity index (χ4v) is 4.49. The summed E-state index contributed by atoms with van der Waals surface area (Å²) in [7, 11) is 6.33. The molecule has 0 saturated heterocycles. The highest BCUT2D eigenvalue weighted by molar-refractivity contribution is 8.76. The standard InChI is InChI=1S/C19H21N3O4S2/c1-22(2)19(26)14-7-3-5-9-16(14)27-28-17-10-6-4-8-15(17)21-20-13(12-23)11-18(24)25/h3-10,12-13,20-21H,11H2,1-2H3,(H,24,25)/t13-/m1/s1. The van der Waals surface area contributed by atoms with Gasteiger partial charge in [-0.2, -0.15) is 0 Å². The van der Waals surface area contributed by atoms with Crippen LogP contribution in [0.5, 0.6) is 0 Å². The van der Waals surface area contributed by atoms with Gasteiger partial charge in [0.05, 0.1) is 23.7 Å². The average Bonchev–Trinajstić information content (AvgIpc) is 2.69. The van der Waals surface area contributed by atoms with Gasteiger partial charge < -0.3 is 20.2 Å². The van der Waals surface area contributed by atoms with E-state index in [1.54, 1.807) is 20.2 Å². The fourth-order valence-electron chi connectivity index (χ4n) is 2.18. The summed E-state index contributed by atoms with van der Waals surface area (Å²) in [6, 6.07) is 13.9. The maximum Gasteiger partial charge on any atom is 0.305 e. The molecule has 1 atom stereocenters. The molecule has 0 aromatic heterocycles. The van der Waals surface area contributed by atoms with Gasteiger partial charge in [0, 0.05) is 23.9 Å². The van der Waals surface area contributed by atoms with Crippen LogP contribution >= 0.6 is 21.6 Å². The molecular formula is C19H21N3O4S2. The second-order valence-corrected chi connectivity index (χ2v) is 8.18. The largest absolute Gasteiger partial charge is 0.481 e. The molecular weight excluding hydrogens is 398 g/mol. The molecule has 2 aromatic rings. The molecule has 0 fully saturated rings. The predicted octanol–water partition coefficient (Wildman–Crippen LogP) is 3.15. The van der Waals surface area contributed by atoms with Crippen LogP contribution in [0.25, 0.3) is 0 Å². The summed E-state index contributed by atoms with van der Waals surface area (Å²) in [5.74, 6) is -1.13. The number of aldehydes is 1. The van der Waals surface area contributed by atoms with E-state index in [2.05, 4.69) is 10.9 Å². The molecule has 28 heavy (non-hydrogen) atoms. The third-order valence-electron chi connectivity index (χ3n) is 3.58. The Morgan fingerprint density at radius 1 is 1.07 bits per heavy atom. The van der Waals surface area contributed by atoms with Crippen molar-refractivity contribution >= 4 is 45.4 Å². The first-order chi connectivity index (χ1) is 13.4. The Kier molecular flexibility index (Phi) is 8.37. The molecule has 0 radical (unpaired) electrons. The van der Waals surface area contributed by atoms with Gasteiger partial charge in [-0.3, -0.25) is 9.59 Å². The quantitative estimate of drug-likeness (QED) is 0.307. The van der Waals surface area contributed by atoms with Crippen LogP contribution in [0.3, 0.4) is 0 Å². The number of carbonyl (C=O) groups is 3. The molecule has 1 amide bonds. The summed E-state index contributed by atoms with van der Waals surface area (Å²) < 4.78 is 0. The zero-order chi connectivity index (χ0) is 20.5. The number of benzene rings is 2. The van der Waals surface area contributed by atoms with Crippen LogP contribution in [0.15, 0.2) is 58.3 Å². The number of hydrazine groups is 1. The minimum Gasteiger partial charge on any atom is -0.481 e. The minimum absolute atomic E-state index is 0.0701. The van der Waals surface area contributed by atoms with Crippen molar-refractivity contribution < 1.29 is 19.5 Å². The van der Waals surface area contributed by atoms with Crippen LogP contribution in [-0.2, 0) is 9.59 Å². The average molecular weight is 420 g/mol. The maximum atomic E-state index is 12.3. The molecule has 7 nitrogen and oxygen atoms in total. The van der Waals surface area contributed by atoms with Crippen molar-refractivity contribution in [2.24, 2.45) is 0 Å². The molecule has 0 aliphatic rings. The maximum absolute atomic E-state index is 12.3. The van der Waals surface area contributed by atoms with Crippen molar-refractivity contribution in [3.05, 3.63) is 54.1 Å². The summed E-state index contributed by atoms with van der Waals surface area (Å²) in [4.78, 5) is 37.4. The SMILES string of the molecule is CN(C)C(=O)c1ccccc1SSc1ccccc1NN[C@@H](C=O)CC(=O)O. The molecule has 0 unspecified atom stereocenters. The number of rotatable bonds is 10. The van der Waals surface area contributed by atoms with Gasteiger partial charge >= 0.3 is 5.97 Å². The number of hydrogen-bond donors (Lipinski definition) is 3. The number of anilines is 1. The summed E-state index contributed by atoms with van der Waals surface area (Å²) in [5, 5.41) is 8.82. The zero-order valence-corrected chi connectivity index (χ0v) is 17.0. The molecule has 0 heterocycles. The number of hydrogen-bond acceptors (Lipinski definition) is 7.